The second-order valence-electron chi connectivity index (χ2n) is 4.51. The molecule has 6 nitrogen and oxygen atoms in total. The number of nitrogens with zero attached hydrogens (tertiary/aromatic N) is 1. The van der Waals surface area contributed by atoms with Crippen molar-refractivity contribution in [3.05, 3.63) is 69.8 Å². The quantitative estimate of drug-likeness (QED) is 0.678. The number of nitro benzene ring substituents is 1. The molecule has 2 rings (SSSR count). The third kappa shape index (κ3) is 3.65. The second-order valence-corrected chi connectivity index (χ2v) is 6.27. The van der Waals surface area contributed by atoms with Gasteiger partial charge in [0, 0.05) is 18.7 Å². The number of hydrogen-bond donors (Lipinski definition) is 1. The Bertz CT molecular complexity index is 772. The highest BCUT2D eigenvalue weighted by atomic mass is 32.2. The van der Waals surface area contributed by atoms with Crippen LogP contribution in [0.25, 0.3) is 0 Å². The molecule has 0 unspecified atom stereocenters. The third-order valence-electron chi connectivity index (χ3n) is 3.05. The molecule has 2 aromatic carbocycles. The summed E-state index contributed by atoms with van der Waals surface area (Å²) >= 11 is 0. The van der Waals surface area contributed by atoms with Gasteiger partial charge in [-0.05, 0) is 24.1 Å². The summed E-state index contributed by atoms with van der Waals surface area (Å²) in [5, 5.41) is 10.7. The van der Waals surface area contributed by atoms with Gasteiger partial charge in [0.2, 0.25) is 10.0 Å². The summed E-state index contributed by atoms with van der Waals surface area (Å²) in [5.74, 6) is 0. The molecular weight excluding hydrogens is 292 g/mol. The van der Waals surface area contributed by atoms with Crippen molar-refractivity contribution in [2.24, 2.45) is 0 Å². The predicted octanol–water partition coefficient (Wildman–Crippen LogP) is 2.38. The molecule has 0 aliphatic rings. The van der Waals surface area contributed by atoms with Gasteiger partial charge in [-0.2, -0.15) is 0 Å². The fourth-order valence-electron chi connectivity index (χ4n) is 1.83. The Labute approximate surface area is 122 Å². The molecule has 0 saturated carbocycles. The largest absolute Gasteiger partial charge is 0.270 e. The average molecular weight is 306 g/mol. The Morgan fingerprint density at radius 3 is 2.52 bits per heavy atom. The topological polar surface area (TPSA) is 89.3 Å². The number of non-ortho nitro benzene ring substituents is 1. The molecule has 2 aromatic rings. The van der Waals surface area contributed by atoms with E-state index in [4.69, 9.17) is 0 Å². The van der Waals surface area contributed by atoms with Crippen LogP contribution in [0.4, 0.5) is 5.69 Å². The van der Waals surface area contributed by atoms with Crippen molar-refractivity contribution in [3.63, 3.8) is 0 Å². The van der Waals surface area contributed by atoms with E-state index in [1.54, 1.807) is 0 Å². The summed E-state index contributed by atoms with van der Waals surface area (Å²) < 4.78 is 26.8. The highest BCUT2D eigenvalue weighted by Crippen LogP contribution is 2.17. The van der Waals surface area contributed by atoms with Crippen molar-refractivity contribution >= 4 is 15.7 Å². The van der Waals surface area contributed by atoms with Gasteiger partial charge in [0.1, 0.15) is 0 Å². The molecule has 110 valence electrons. The van der Waals surface area contributed by atoms with Crippen molar-refractivity contribution in [2.75, 3.05) is 0 Å². The Balaban J connectivity index is 2.21. The van der Waals surface area contributed by atoms with E-state index in [-0.39, 0.29) is 17.1 Å². The molecule has 0 bridgehead atoms. The van der Waals surface area contributed by atoms with Gasteiger partial charge in [0.15, 0.2) is 0 Å². The summed E-state index contributed by atoms with van der Waals surface area (Å²) in [4.78, 5) is 9.95. The van der Waals surface area contributed by atoms with Gasteiger partial charge in [-0.3, -0.25) is 10.1 Å². The minimum atomic E-state index is -3.79. The summed E-state index contributed by atoms with van der Waals surface area (Å²) in [6.07, 6.45) is 0. The molecule has 0 radical (unpaired) electrons. The highest BCUT2D eigenvalue weighted by Gasteiger charge is 2.17. The maximum absolute atomic E-state index is 12.2. The van der Waals surface area contributed by atoms with E-state index in [0.29, 0.717) is 0 Å². The van der Waals surface area contributed by atoms with E-state index in [2.05, 4.69) is 4.72 Å². The van der Waals surface area contributed by atoms with E-state index in [0.717, 1.165) is 17.2 Å². The summed E-state index contributed by atoms with van der Waals surface area (Å²) in [5.41, 5.74) is 1.57. The number of hydrogen-bond acceptors (Lipinski definition) is 4. The fraction of sp³-hybridized carbons (Fsp3) is 0.143. The van der Waals surface area contributed by atoms with Gasteiger partial charge in [0.25, 0.3) is 5.69 Å². The molecule has 0 spiro atoms. The van der Waals surface area contributed by atoms with Gasteiger partial charge in [-0.25, -0.2) is 13.1 Å². The highest BCUT2D eigenvalue weighted by molar-refractivity contribution is 7.89. The predicted molar refractivity (Wildman–Crippen MR) is 78.3 cm³/mol. The SMILES string of the molecule is Cc1ccccc1CNS(=O)(=O)c1cccc([N+](=O)[O-])c1. The zero-order chi connectivity index (χ0) is 15.5. The number of aryl methyl sites for hydroxylation is 1. The third-order valence-corrected chi connectivity index (χ3v) is 4.45. The van der Waals surface area contributed by atoms with Crippen LogP contribution in [0.5, 0.6) is 0 Å². The molecule has 21 heavy (non-hydrogen) atoms. The molecule has 7 heteroatoms. The van der Waals surface area contributed by atoms with Gasteiger partial charge >= 0.3 is 0 Å². The smallest absolute Gasteiger partial charge is 0.258 e. The van der Waals surface area contributed by atoms with Crippen molar-refractivity contribution < 1.29 is 13.3 Å². The molecule has 0 saturated heterocycles. The Morgan fingerprint density at radius 2 is 1.86 bits per heavy atom. The van der Waals surface area contributed by atoms with Gasteiger partial charge < -0.3 is 0 Å². The molecule has 0 amide bonds. The van der Waals surface area contributed by atoms with Crippen LogP contribution in [0.1, 0.15) is 11.1 Å². The summed E-state index contributed by atoms with van der Waals surface area (Å²) in [7, 11) is -3.79. The lowest BCUT2D eigenvalue weighted by Gasteiger charge is -2.08. The monoisotopic (exact) mass is 306 g/mol. The van der Waals surface area contributed by atoms with Crippen LogP contribution in [0.15, 0.2) is 53.4 Å². The van der Waals surface area contributed by atoms with Gasteiger partial charge in [0.05, 0.1) is 9.82 Å². The molecule has 0 aliphatic heterocycles. The van der Waals surface area contributed by atoms with Gasteiger partial charge in [-0.15, -0.1) is 0 Å². The maximum atomic E-state index is 12.2. The molecule has 0 atom stereocenters. The van der Waals surface area contributed by atoms with Crippen LogP contribution in [-0.4, -0.2) is 13.3 Å². The number of nitrogens with one attached hydrogen (secondary N) is 1. The average Bonchev–Trinajstić information content (AvgIpc) is 2.46. The Morgan fingerprint density at radius 1 is 1.14 bits per heavy atom. The normalized spacial score (nSPS) is 11.3. The first kappa shape index (κ1) is 15.1. The lowest BCUT2D eigenvalue weighted by molar-refractivity contribution is -0.385. The van der Waals surface area contributed by atoms with Crippen LogP contribution < -0.4 is 4.72 Å². The second kappa shape index (κ2) is 6.02. The molecule has 1 N–H and O–H groups in total. The minimum Gasteiger partial charge on any atom is -0.258 e. The van der Waals surface area contributed by atoms with Crippen LogP contribution in [0.3, 0.4) is 0 Å². The summed E-state index contributed by atoms with van der Waals surface area (Å²) in [6, 6.07) is 12.4. The van der Waals surface area contributed by atoms with E-state index in [9.17, 15) is 18.5 Å². The van der Waals surface area contributed by atoms with E-state index >= 15 is 0 Å². The van der Waals surface area contributed by atoms with E-state index < -0.39 is 14.9 Å². The van der Waals surface area contributed by atoms with Crippen molar-refractivity contribution in [2.45, 2.75) is 18.4 Å². The van der Waals surface area contributed by atoms with E-state index in [1.807, 2.05) is 31.2 Å². The van der Waals surface area contributed by atoms with Crippen LogP contribution in [0.2, 0.25) is 0 Å². The standard InChI is InChI=1S/C14H14N2O4S/c1-11-5-2-3-6-12(11)10-15-21(19,20)14-8-4-7-13(9-14)16(17)18/h2-9,15H,10H2,1H3. The first-order valence-electron chi connectivity index (χ1n) is 6.19. The number of benzene rings is 2. The fourth-order valence-corrected chi connectivity index (χ4v) is 2.87. The Kier molecular flexibility index (Phi) is 4.35. The first-order valence-corrected chi connectivity index (χ1v) is 7.67. The molecule has 0 aliphatic carbocycles. The minimum absolute atomic E-state index is 0.120. The molecule has 0 fully saturated rings. The first-order chi connectivity index (χ1) is 9.90. The number of sulfonamides is 1. The lowest BCUT2D eigenvalue weighted by atomic mass is 10.1. The lowest BCUT2D eigenvalue weighted by Crippen LogP contribution is -2.23. The number of rotatable bonds is 5. The van der Waals surface area contributed by atoms with Gasteiger partial charge in [-0.1, -0.05) is 30.3 Å². The van der Waals surface area contributed by atoms with Crippen molar-refractivity contribution in [3.8, 4) is 0 Å². The zero-order valence-electron chi connectivity index (χ0n) is 11.3. The van der Waals surface area contributed by atoms with Crippen LogP contribution >= 0.6 is 0 Å². The molecule has 0 aromatic heterocycles. The van der Waals surface area contributed by atoms with Crippen LogP contribution in [0, 0.1) is 17.0 Å². The maximum Gasteiger partial charge on any atom is 0.270 e. The number of nitro groups is 1. The van der Waals surface area contributed by atoms with Crippen molar-refractivity contribution in [1.29, 1.82) is 0 Å². The summed E-state index contributed by atoms with van der Waals surface area (Å²) in [6.45, 7) is 2.02. The van der Waals surface area contributed by atoms with Crippen LogP contribution in [-0.2, 0) is 16.6 Å². The van der Waals surface area contributed by atoms with Crippen molar-refractivity contribution in [1.82, 2.24) is 4.72 Å². The van der Waals surface area contributed by atoms with E-state index in [1.165, 1.54) is 18.2 Å². The zero-order valence-corrected chi connectivity index (χ0v) is 12.1. The molecule has 0 heterocycles. The Hall–Kier alpha value is -2.25. The molecular formula is C14H14N2O4S.